The molecule has 0 aliphatic heterocycles. The van der Waals surface area contributed by atoms with Gasteiger partial charge >= 0.3 is 5.97 Å². The number of hydrogen-bond acceptors (Lipinski definition) is 5. The Morgan fingerprint density at radius 2 is 1.90 bits per heavy atom. The van der Waals surface area contributed by atoms with Crippen LogP contribution in [0.1, 0.15) is 18.1 Å². The first-order valence-corrected chi connectivity index (χ1v) is 11.3. The topological polar surface area (TPSA) is 88.4 Å². The monoisotopic (exact) mass is 650 g/mol. The van der Waals surface area contributed by atoms with E-state index in [4.69, 9.17) is 21.1 Å². The molecular formula is C21H17ClI2N2O4. The molecule has 0 aliphatic rings. The van der Waals surface area contributed by atoms with Gasteiger partial charge in [-0.1, -0.05) is 17.7 Å². The summed E-state index contributed by atoms with van der Waals surface area (Å²) in [7, 11) is 0. The molecule has 156 valence electrons. The lowest BCUT2D eigenvalue weighted by Crippen LogP contribution is -2.15. The Kier molecular flexibility index (Phi) is 9.38. The van der Waals surface area contributed by atoms with E-state index in [2.05, 4.69) is 50.5 Å². The fraction of sp³-hybridized carbons (Fsp3) is 0.190. The number of aryl methyl sites for hydroxylation is 1. The van der Waals surface area contributed by atoms with E-state index < -0.39 is 11.9 Å². The van der Waals surface area contributed by atoms with Gasteiger partial charge in [-0.3, -0.25) is 4.79 Å². The smallest absolute Gasteiger partial charge is 0.344 e. The van der Waals surface area contributed by atoms with Gasteiger partial charge in [0.25, 0.3) is 5.91 Å². The first-order valence-electron chi connectivity index (χ1n) is 8.72. The predicted molar refractivity (Wildman–Crippen MR) is 132 cm³/mol. The number of carbonyl (C=O) groups excluding carboxylic acids is 2. The maximum Gasteiger partial charge on any atom is 0.344 e. The summed E-state index contributed by atoms with van der Waals surface area (Å²) in [5.74, 6) is -0.442. The number of nitrogens with one attached hydrogen (secondary N) is 1. The van der Waals surface area contributed by atoms with Crippen LogP contribution in [-0.4, -0.2) is 25.1 Å². The summed E-state index contributed by atoms with van der Waals surface area (Å²) in [6, 6.07) is 10.6. The average molecular weight is 651 g/mol. The van der Waals surface area contributed by atoms with Crippen molar-refractivity contribution in [2.45, 2.75) is 13.8 Å². The first kappa shape index (κ1) is 24.4. The molecule has 30 heavy (non-hydrogen) atoms. The van der Waals surface area contributed by atoms with Crippen molar-refractivity contribution in [3.63, 3.8) is 0 Å². The number of rotatable bonds is 7. The molecular weight excluding hydrogens is 634 g/mol. The van der Waals surface area contributed by atoms with Gasteiger partial charge in [-0.05, 0) is 100 Å². The molecule has 0 spiro atoms. The largest absolute Gasteiger partial charge is 0.480 e. The van der Waals surface area contributed by atoms with Crippen LogP contribution in [0.5, 0.6) is 5.75 Å². The molecule has 6 nitrogen and oxygen atoms in total. The fourth-order valence-corrected chi connectivity index (χ4v) is 4.67. The summed E-state index contributed by atoms with van der Waals surface area (Å²) in [5, 5.41) is 12.7. The van der Waals surface area contributed by atoms with E-state index in [0.29, 0.717) is 22.0 Å². The number of anilines is 1. The third-order valence-corrected chi connectivity index (χ3v) is 5.62. The van der Waals surface area contributed by atoms with Crippen molar-refractivity contribution in [1.82, 2.24) is 0 Å². The van der Waals surface area contributed by atoms with Crippen molar-refractivity contribution >= 4 is 80.4 Å². The highest BCUT2D eigenvalue weighted by molar-refractivity contribution is 14.1. The molecule has 0 bridgehead atoms. The van der Waals surface area contributed by atoms with E-state index in [-0.39, 0.29) is 18.8 Å². The number of carbonyl (C=O) groups is 2. The Bertz CT molecular complexity index is 1020. The van der Waals surface area contributed by atoms with Gasteiger partial charge in [0.15, 0.2) is 6.61 Å². The second-order valence-electron chi connectivity index (χ2n) is 5.99. The third kappa shape index (κ3) is 6.85. The number of nitrogens with zero attached hydrogens (tertiary/aromatic N) is 1. The quantitative estimate of drug-likeness (QED) is 0.189. The second-order valence-corrected chi connectivity index (χ2v) is 8.75. The number of esters is 1. The summed E-state index contributed by atoms with van der Waals surface area (Å²) in [4.78, 5) is 24.1. The van der Waals surface area contributed by atoms with E-state index in [1.165, 1.54) is 6.08 Å². The van der Waals surface area contributed by atoms with Gasteiger partial charge < -0.3 is 14.8 Å². The standard InChI is InChI=1S/C21H17ClI2N2O4/c1-3-29-19(27)11-30-20-16(23)7-13(8-17(20)24)6-14(10-25)21(28)26-18-9-15(22)5-4-12(18)2/h4-9H,3,11H2,1-2H3,(H,26,28)/b14-6+. The number of ether oxygens (including phenoxy) is 2. The molecule has 0 heterocycles. The molecule has 2 rings (SSSR count). The normalized spacial score (nSPS) is 10.9. The number of hydrogen-bond donors (Lipinski definition) is 1. The molecule has 1 N–H and O–H groups in total. The lowest BCUT2D eigenvalue weighted by molar-refractivity contribution is -0.145. The molecule has 0 fully saturated rings. The number of benzene rings is 2. The number of amides is 1. The van der Waals surface area contributed by atoms with Crippen molar-refractivity contribution in [2.24, 2.45) is 0 Å². The maximum absolute atomic E-state index is 12.6. The van der Waals surface area contributed by atoms with E-state index in [1.54, 1.807) is 37.3 Å². The minimum absolute atomic E-state index is 0.0545. The van der Waals surface area contributed by atoms with Crippen molar-refractivity contribution in [3.8, 4) is 11.8 Å². The van der Waals surface area contributed by atoms with Gasteiger partial charge in [-0.15, -0.1) is 0 Å². The highest BCUT2D eigenvalue weighted by Crippen LogP contribution is 2.30. The lowest BCUT2D eigenvalue weighted by Gasteiger charge is -2.11. The van der Waals surface area contributed by atoms with Gasteiger partial charge in [0.1, 0.15) is 17.4 Å². The zero-order valence-electron chi connectivity index (χ0n) is 16.1. The molecule has 0 saturated carbocycles. The Balaban J connectivity index is 2.22. The van der Waals surface area contributed by atoms with Crippen LogP contribution >= 0.6 is 56.8 Å². The van der Waals surface area contributed by atoms with Crippen molar-refractivity contribution in [2.75, 3.05) is 18.5 Å². The highest BCUT2D eigenvalue weighted by atomic mass is 127. The van der Waals surface area contributed by atoms with Crippen molar-refractivity contribution in [3.05, 3.63) is 59.2 Å². The second kappa shape index (κ2) is 11.5. The first-order chi connectivity index (χ1) is 14.2. The highest BCUT2D eigenvalue weighted by Gasteiger charge is 2.14. The molecule has 2 aromatic rings. The van der Waals surface area contributed by atoms with E-state index in [9.17, 15) is 14.9 Å². The molecule has 0 unspecified atom stereocenters. The van der Waals surface area contributed by atoms with E-state index >= 15 is 0 Å². The Morgan fingerprint density at radius 1 is 1.23 bits per heavy atom. The number of halogens is 3. The van der Waals surface area contributed by atoms with Crippen LogP contribution in [0.25, 0.3) is 6.08 Å². The summed E-state index contributed by atoms with van der Waals surface area (Å²) in [6.07, 6.45) is 1.49. The molecule has 0 atom stereocenters. The Morgan fingerprint density at radius 3 is 2.50 bits per heavy atom. The lowest BCUT2D eigenvalue weighted by atomic mass is 10.1. The minimum Gasteiger partial charge on any atom is -0.480 e. The zero-order valence-corrected chi connectivity index (χ0v) is 21.2. The Hall–Kier alpha value is -1.84. The van der Waals surface area contributed by atoms with Gasteiger partial charge in [-0.25, -0.2) is 4.79 Å². The summed E-state index contributed by atoms with van der Waals surface area (Å²) >= 11 is 10.1. The van der Waals surface area contributed by atoms with Crippen molar-refractivity contribution in [1.29, 1.82) is 5.26 Å². The maximum atomic E-state index is 12.6. The van der Waals surface area contributed by atoms with Crippen LogP contribution in [-0.2, 0) is 14.3 Å². The van der Waals surface area contributed by atoms with Gasteiger partial charge in [0.05, 0.1) is 13.7 Å². The summed E-state index contributed by atoms with van der Waals surface area (Å²) < 4.78 is 11.9. The zero-order chi connectivity index (χ0) is 22.3. The van der Waals surface area contributed by atoms with Crippen LogP contribution in [0.2, 0.25) is 5.02 Å². The number of nitriles is 1. The van der Waals surface area contributed by atoms with Crippen LogP contribution in [0.15, 0.2) is 35.9 Å². The molecule has 0 aromatic heterocycles. The Labute approximate surface area is 206 Å². The molecule has 2 aromatic carbocycles. The molecule has 1 amide bonds. The molecule has 0 aliphatic carbocycles. The third-order valence-electron chi connectivity index (χ3n) is 3.78. The SMILES string of the molecule is CCOC(=O)COc1c(I)cc(/C=C(\C#N)C(=O)Nc2cc(Cl)ccc2C)cc1I. The minimum atomic E-state index is -0.532. The van der Waals surface area contributed by atoms with Crippen LogP contribution in [0, 0.1) is 25.4 Å². The molecule has 0 saturated heterocycles. The van der Waals surface area contributed by atoms with Gasteiger partial charge in [0, 0.05) is 10.7 Å². The van der Waals surface area contributed by atoms with E-state index in [0.717, 1.165) is 12.7 Å². The van der Waals surface area contributed by atoms with Crippen LogP contribution in [0.4, 0.5) is 5.69 Å². The van der Waals surface area contributed by atoms with Crippen LogP contribution < -0.4 is 10.1 Å². The summed E-state index contributed by atoms with van der Waals surface area (Å²) in [5.41, 5.74) is 1.97. The van der Waals surface area contributed by atoms with Crippen molar-refractivity contribution < 1.29 is 19.1 Å². The predicted octanol–water partition coefficient (Wildman–Crippen LogP) is 5.35. The average Bonchev–Trinajstić information content (AvgIpc) is 2.68. The van der Waals surface area contributed by atoms with E-state index in [1.807, 2.05) is 13.0 Å². The van der Waals surface area contributed by atoms with Gasteiger partial charge in [0.2, 0.25) is 0 Å². The van der Waals surface area contributed by atoms with Gasteiger partial charge in [-0.2, -0.15) is 5.26 Å². The van der Waals surface area contributed by atoms with Crippen LogP contribution in [0.3, 0.4) is 0 Å². The molecule has 0 radical (unpaired) electrons. The fourth-order valence-electron chi connectivity index (χ4n) is 2.37. The summed E-state index contributed by atoms with van der Waals surface area (Å²) in [6.45, 7) is 3.65. The molecule has 9 heteroatoms.